The smallest absolute Gasteiger partial charge is 0.0988 e. The number of likely N-dealkylation sites (tertiary alicyclic amines) is 1. The Bertz CT molecular complexity index is 542. The Kier molecular flexibility index (Phi) is 4.43. The predicted molar refractivity (Wildman–Crippen MR) is 88.3 cm³/mol. The van der Waals surface area contributed by atoms with Crippen LogP contribution in [0.1, 0.15) is 30.2 Å². The van der Waals surface area contributed by atoms with Gasteiger partial charge in [0.2, 0.25) is 0 Å². The van der Waals surface area contributed by atoms with E-state index in [4.69, 9.17) is 0 Å². The van der Waals surface area contributed by atoms with Gasteiger partial charge in [0.15, 0.2) is 0 Å². The molecule has 0 bridgehead atoms. The Balaban J connectivity index is 1.58. The van der Waals surface area contributed by atoms with Crippen LogP contribution in [0, 0.1) is 5.92 Å². The first-order valence-corrected chi connectivity index (χ1v) is 8.57. The summed E-state index contributed by atoms with van der Waals surface area (Å²) in [4.78, 5) is 3.60. The first-order chi connectivity index (χ1) is 10.2. The van der Waals surface area contributed by atoms with Crippen LogP contribution < -0.4 is 0 Å². The van der Waals surface area contributed by atoms with Crippen LogP contribution in [0.5, 0.6) is 0 Å². The molecule has 1 aliphatic heterocycles. The Morgan fingerprint density at radius 1 is 1.14 bits per heavy atom. The molecule has 1 aliphatic rings. The van der Waals surface area contributed by atoms with Crippen molar-refractivity contribution in [3.05, 3.63) is 58.3 Å². The van der Waals surface area contributed by atoms with E-state index in [1.54, 1.807) is 11.3 Å². The van der Waals surface area contributed by atoms with E-state index in [2.05, 4.69) is 41.3 Å². The Hall–Kier alpha value is -1.16. The zero-order chi connectivity index (χ0) is 14.7. The van der Waals surface area contributed by atoms with E-state index >= 15 is 0 Å². The van der Waals surface area contributed by atoms with Gasteiger partial charge in [-0.05, 0) is 55.8 Å². The van der Waals surface area contributed by atoms with Crippen LogP contribution in [0.25, 0.3) is 0 Å². The minimum atomic E-state index is -0.674. The van der Waals surface area contributed by atoms with Crippen LogP contribution in [0.4, 0.5) is 0 Å². The van der Waals surface area contributed by atoms with Gasteiger partial charge in [0.25, 0.3) is 0 Å². The highest BCUT2D eigenvalue weighted by Gasteiger charge is 2.36. The average Bonchev–Trinajstić information content (AvgIpc) is 3.04. The lowest BCUT2D eigenvalue weighted by Gasteiger charge is -2.39. The number of benzene rings is 1. The monoisotopic (exact) mass is 301 g/mol. The molecule has 0 aliphatic carbocycles. The molecule has 1 unspecified atom stereocenters. The van der Waals surface area contributed by atoms with Crippen molar-refractivity contribution in [1.29, 1.82) is 0 Å². The van der Waals surface area contributed by atoms with Crippen molar-refractivity contribution in [3.8, 4) is 0 Å². The molecule has 0 saturated carbocycles. The van der Waals surface area contributed by atoms with Crippen molar-refractivity contribution in [1.82, 2.24) is 4.90 Å². The van der Waals surface area contributed by atoms with Crippen molar-refractivity contribution in [2.45, 2.75) is 31.9 Å². The van der Waals surface area contributed by atoms with Gasteiger partial charge in [-0.1, -0.05) is 36.4 Å². The molecule has 0 spiro atoms. The number of nitrogens with zero attached hydrogens (tertiary/aromatic N) is 1. The van der Waals surface area contributed by atoms with Gasteiger partial charge >= 0.3 is 0 Å². The molecule has 2 aromatic rings. The molecule has 112 valence electrons. The lowest BCUT2D eigenvalue weighted by Crippen LogP contribution is -2.41. The molecule has 1 atom stereocenters. The molecular formula is C18H23NOS. The Morgan fingerprint density at radius 3 is 2.48 bits per heavy atom. The molecule has 0 amide bonds. The van der Waals surface area contributed by atoms with Crippen LogP contribution in [-0.2, 0) is 12.1 Å². The summed E-state index contributed by atoms with van der Waals surface area (Å²) in [6, 6.07) is 14.7. The maximum Gasteiger partial charge on any atom is 0.0988 e. The van der Waals surface area contributed by atoms with Gasteiger partial charge in [0, 0.05) is 11.4 Å². The largest absolute Gasteiger partial charge is 0.384 e. The van der Waals surface area contributed by atoms with Gasteiger partial charge < -0.3 is 5.11 Å². The third kappa shape index (κ3) is 3.37. The molecule has 3 heteroatoms. The molecule has 1 aromatic heterocycles. The minimum absolute atomic E-state index is 0.364. The van der Waals surface area contributed by atoms with E-state index in [0.717, 1.165) is 37.4 Å². The maximum absolute atomic E-state index is 10.9. The number of thiophene rings is 1. The van der Waals surface area contributed by atoms with Crippen LogP contribution in [-0.4, -0.2) is 23.1 Å². The third-order valence-corrected chi connectivity index (χ3v) is 5.75. The molecule has 1 aromatic carbocycles. The number of rotatable bonds is 4. The van der Waals surface area contributed by atoms with Gasteiger partial charge in [-0.3, -0.25) is 4.90 Å². The first-order valence-electron chi connectivity index (χ1n) is 7.69. The second-order valence-corrected chi connectivity index (χ2v) is 7.11. The fourth-order valence-electron chi connectivity index (χ4n) is 3.26. The van der Waals surface area contributed by atoms with E-state index < -0.39 is 5.60 Å². The van der Waals surface area contributed by atoms with E-state index in [1.165, 1.54) is 5.56 Å². The van der Waals surface area contributed by atoms with Crippen molar-refractivity contribution in [2.24, 2.45) is 5.92 Å². The summed E-state index contributed by atoms with van der Waals surface area (Å²) < 4.78 is 0. The second kappa shape index (κ2) is 6.30. The van der Waals surface area contributed by atoms with E-state index in [1.807, 2.05) is 18.4 Å². The maximum atomic E-state index is 10.9. The highest BCUT2D eigenvalue weighted by molar-refractivity contribution is 7.10. The lowest BCUT2D eigenvalue weighted by atomic mass is 9.80. The number of hydrogen-bond acceptors (Lipinski definition) is 3. The van der Waals surface area contributed by atoms with Crippen molar-refractivity contribution in [2.75, 3.05) is 13.1 Å². The van der Waals surface area contributed by atoms with Crippen LogP contribution >= 0.6 is 11.3 Å². The Labute approximate surface area is 131 Å². The van der Waals surface area contributed by atoms with E-state index in [9.17, 15) is 5.11 Å². The van der Waals surface area contributed by atoms with Gasteiger partial charge in [0.05, 0.1) is 5.60 Å². The highest BCUT2D eigenvalue weighted by atomic mass is 32.1. The van der Waals surface area contributed by atoms with Crippen molar-refractivity contribution >= 4 is 11.3 Å². The van der Waals surface area contributed by atoms with Gasteiger partial charge in [0.1, 0.15) is 0 Å². The van der Waals surface area contributed by atoms with Crippen LogP contribution in [0.2, 0.25) is 0 Å². The van der Waals surface area contributed by atoms with Crippen molar-refractivity contribution < 1.29 is 5.11 Å². The number of hydrogen-bond donors (Lipinski definition) is 1. The molecule has 1 fully saturated rings. The minimum Gasteiger partial charge on any atom is -0.384 e. The summed E-state index contributed by atoms with van der Waals surface area (Å²) in [5, 5.41) is 12.9. The van der Waals surface area contributed by atoms with E-state index in [-0.39, 0.29) is 0 Å². The standard InChI is InChI=1S/C18H23NOS/c1-18(20,17-8-5-13-21-17)16-9-11-19(12-10-16)14-15-6-3-2-4-7-15/h2-8,13,16,20H,9-12,14H2,1H3. The molecular weight excluding hydrogens is 278 g/mol. The normalized spacial score (nSPS) is 20.3. The fourth-order valence-corrected chi connectivity index (χ4v) is 4.13. The molecule has 1 saturated heterocycles. The number of aliphatic hydroxyl groups is 1. The van der Waals surface area contributed by atoms with Gasteiger partial charge in [-0.2, -0.15) is 0 Å². The number of piperidine rings is 1. The van der Waals surface area contributed by atoms with Gasteiger partial charge in [-0.15, -0.1) is 11.3 Å². The summed E-state index contributed by atoms with van der Waals surface area (Å²) in [5.41, 5.74) is 0.702. The quantitative estimate of drug-likeness (QED) is 0.926. The summed E-state index contributed by atoms with van der Waals surface area (Å²) >= 11 is 1.66. The summed E-state index contributed by atoms with van der Waals surface area (Å²) in [6.45, 7) is 5.15. The molecule has 21 heavy (non-hydrogen) atoms. The fraction of sp³-hybridized carbons (Fsp3) is 0.444. The highest BCUT2D eigenvalue weighted by Crippen LogP contribution is 2.38. The van der Waals surface area contributed by atoms with Gasteiger partial charge in [-0.25, -0.2) is 0 Å². The van der Waals surface area contributed by atoms with Crippen LogP contribution in [0.3, 0.4) is 0 Å². The first kappa shape index (κ1) is 14.8. The predicted octanol–water partition coefficient (Wildman–Crippen LogP) is 3.87. The second-order valence-electron chi connectivity index (χ2n) is 6.16. The third-order valence-electron chi connectivity index (χ3n) is 4.65. The molecule has 2 nitrogen and oxygen atoms in total. The molecule has 2 heterocycles. The molecule has 3 rings (SSSR count). The SMILES string of the molecule is CC(O)(c1cccs1)C1CCN(Cc2ccccc2)CC1. The summed E-state index contributed by atoms with van der Waals surface area (Å²) in [5.74, 6) is 0.364. The van der Waals surface area contributed by atoms with Crippen molar-refractivity contribution in [3.63, 3.8) is 0 Å². The molecule has 0 radical (unpaired) electrons. The van der Waals surface area contributed by atoms with Crippen LogP contribution in [0.15, 0.2) is 47.8 Å². The van der Waals surface area contributed by atoms with E-state index in [0.29, 0.717) is 5.92 Å². The summed E-state index contributed by atoms with van der Waals surface area (Å²) in [7, 11) is 0. The Morgan fingerprint density at radius 2 is 1.86 bits per heavy atom. The lowest BCUT2D eigenvalue weighted by molar-refractivity contribution is -0.0310. The molecule has 1 N–H and O–H groups in total. The average molecular weight is 301 g/mol. The zero-order valence-electron chi connectivity index (χ0n) is 12.5. The topological polar surface area (TPSA) is 23.5 Å². The zero-order valence-corrected chi connectivity index (χ0v) is 13.4. The summed E-state index contributed by atoms with van der Waals surface area (Å²) in [6.07, 6.45) is 2.13.